The Morgan fingerprint density at radius 2 is 1.81 bits per heavy atom. The molecule has 0 amide bonds. The second-order valence-electron chi connectivity index (χ2n) is 7.31. The van der Waals surface area contributed by atoms with Crippen molar-refractivity contribution in [2.45, 2.75) is 26.4 Å². The zero-order valence-electron chi connectivity index (χ0n) is 17.0. The minimum Gasteiger partial charge on any atom is -0.461 e. The molecular formula is C24H20F3NO3. The lowest BCUT2D eigenvalue weighted by Crippen LogP contribution is -2.03. The molecule has 0 saturated heterocycles. The fourth-order valence-corrected chi connectivity index (χ4v) is 3.37. The van der Waals surface area contributed by atoms with Gasteiger partial charge in [0.25, 0.3) is 0 Å². The number of hydrogen-bond acceptors (Lipinski definition) is 4. The maximum Gasteiger partial charge on any atom is 0.416 e. The van der Waals surface area contributed by atoms with Gasteiger partial charge in [0.05, 0.1) is 24.3 Å². The lowest BCUT2D eigenvalue weighted by molar-refractivity contribution is -0.137. The van der Waals surface area contributed by atoms with Crippen molar-refractivity contribution in [2.24, 2.45) is 0 Å². The monoisotopic (exact) mass is 427 g/mol. The van der Waals surface area contributed by atoms with Gasteiger partial charge in [-0.2, -0.15) is 13.2 Å². The molecule has 0 atom stereocenters. The van der Waals surface area contributed by atoms with E-state index >= 15 is 0 Å². The molecule has 0 unspecified atom stereocenters. The van der Waals surface area contributed by atoms with Gasteiger partial charge in [0.1, 0.15) is 17.1 Å². The topological polar surface area (TPSA) is 59.4 Å². The first-order valence-electron chi connectivity index (χ1n) is 9.69. The molecule has 2 heterocycles. The number of furan rings is 1. The van der Waals surface area contributed by atoms with Crippen molar-refractivity contribution in [1.29, 1.82) is 0 Å². The molecule has 0 spiro atoms. The van der Waals surface area contributed by atoms with Crippen LogP contribution in [0.4, 0.5) is 13.2 Å². The van der Waals surface area contributed by atoms with E-state index in [-0.39, 0.29) is 12.5 Å². The Morgan fingerprint density at radius 1 is 1.06 bits per heavy atom. The zero-order chi connectivity index (χ0) is 22.2. The van der Waals surface area contributed by atoms with E-state index in [1.54, 1.807) is 13.0 Å². The molecule has 2 aromatic heterocycles. The van der Waals surface area contributed by atoms with E-state index in [1.165, 1.54) is 12.1 Å². The zero-order valence-corrected chi connectivity index (χ0v) is 17.0. The van der Waals surface area contributed by atoms with Crippen molar-refractivity contribution in [3.63, 3.8) is 0 Å². The molecule has 0 aliphatic heterocycles. The smallest absolute Gasteiger partial charge is 0.416 e. The second kappa shape index (κ2) is 8.07. The van der Waals surface area contributed by atoms with Crippen LogP contribution in [0.3, 0.4) is 0 Å². The molecule has 4 aromatic rings. The molecular weight excluding hydrogens is 407 g/mol. The van der Waals surface area contributed by atoms with E-state index in [0.717, 1.165) is 34.2 Å². The maximum atomic E-state index is 12.8. The van der Waals surface area contributed by atoms with Crippen molar-refractivity contribution in [3.05, 3.63) is 82.9 Å². The number of halogens is 3. The summed E-state index contributed by atoms with van der Waals surface area (Å²) < 4.78 is 49.9. The van der Waals surface area contributed by atoms with E-state index in [1.807, 2.05) is 31.2 Å². The summed E-state index contributed by atoms with van der Waals surface area (Å²) in [4.78, 5) is 4.46. The summed E-state index contributed by atoms with van der Waals surface area (Å²) in [6.45, 7) is 3.67. The van der Waals surface area contributed by atoms with E-state index < -0.39 is 11.7 Å². The van der Waals surface area contributed by atoms with Crippen LogP contribution >= 0.6 is 0 Å². The van der Waals surface area contributed by atoms with Crippen molar-refractivity contribution < 1.29 is 27.1 Å². The van der Waals surface area contributed by atoms with Gasteiger partial charge in [-0.15, -0.1) is 0 Å². The minimum absolute atomic E-state index is 0.0206. The number of aromatic nitrogens is 1. The third kappa shape index (κ3) is 4.41. The summed E-state index contributed by atoms with van der Waals surface area (Å²) in [7, 11) is 0. The van der Waals surface area contributed by atoms with Crippen LogP contribution in [0.25, 0.3) is 28.0 Å². The second-order valence-corrected chi connectivity index (χ2v) is 7.31. The summed E-state index contributed by atoms with van der Waals surface area (Å²) >= 11 is 0. The number of alkyl halides is 3. The van der Waals surface area contributed by atoms with Crippen LogP contribution in [0.15, 0.2) is 63.4 Å². The number of allylic oxidation sites excluding steroid dienone is 1. The van der Waals surface area contributed by atoms with Crippen LogP contribution in [0.1, 0.15) is 35.3 Å². The maximum absolute atomic E-state index is 12.8. The fraction of sp³-hybridized carbons (Fsp3) is 0.208. The third-order valence-electron chi connectivity index (χ3n) is 5.11. The molecule has 2 aromatic carbocycles. The van der Waals surface area contributed by atoms with Crippen LogP contribution in [0.5, 0.6) is 0 Å². The predicted octanol–water partition coefficient (Wildman–Crippen LogP) is 6.40. The number of aryl methyl sites for hydroxylation is 1. The predicted molar refractivity (Wildman–Crippen MR) is 111 cm³/mol. The quantitative estimate of drug-likeness (QED) is 0.400. The van der Waals surface area contributed by atoms with E-state index in [2.05, 4.69) is 4.98 Å². The average molecular weight is 427 g/mol. The highest BCUT2D eigenvalue weighted by molar-refractivity contribution is 5.82. The van der Waals surface area contributed by atoms with Gasteiger partial charge in [0.2, 0.25) is 5.89 Å². The SMILES string of the molecule is C/C(=C\CO)c1ccc2oc(Cc3nc(-c4ccc(C(F)(F)F)cc4)oc3C)cc2c1. The van der Waals surface area contributed by atoms with Gasteiger partial charge in [0.15, 0.2) is 0 Å². The van der Waals surface area contributed by atoms with Gasteiger partial charge in [-0.1, -0.05) is 12.1 Å². The Morgan fingerprint density at radius 3 is 2.48 bits per heavy atom. The number of nitrogens with zero attached hydrogens (tertiary/aromatic N) is 1. The molecule has 0 radical (unpaired) electrons. The molecule has 1 N–H and O–H groups in total. The standard InChI is InChI=1S/C24H20F3NO3/c1-14(9-10-29)17-5-8-22-18(11-17)12-20(31-22)13-21-15(2)30-23(28-21)16-3-6-19(7-4-16)24(25,26)27/h3-9,11-12,29H,10,13H2,1-2H3/b14-9+. The first-order chi connectivity index (χ1) is 14.7. The van der Waals surface area contributed by atoms with Gasteiger partial charge in [-0.3, -0.25) is 0 Å². The van der Waals surface area contributed by atoms with Crippen molar-refractivity contribution in [1.82, 2.24) is 4.98 Å². The minimum atomic E-state index is -4.39. The van der Waals surface area contributed by atoms with E-state index in [4.69, 9.17) is 13.9 Å². The molecule has 0 saturated carbocycles. The molecule has 0 bridgehead atoms. The van der Waals surface area contributed by atoms with Crippen molar-refractivity contribution in [3.8, 4) is 11.5 Å². The largest absolute Gasteiger partial charge is 0.461 e. The highest BCUT2D eigenvalue weighted by Crippen LogP contribution is 2.32. The molecule has 0 aliphatic rings. The lowest BCUT2D eigenvalue weighted by Gasteiger charge is -2.06. The first kappa shape index (κ1) is 20.9. The number of benzene rings is 2. The van der Waals surface area contributed by atoms with E-state index in [0.29, 0.717) is 29.2 Å². The molecule has 160 valence electrons. The molecule has 0 aliphatic carbocycles. The normalized spacial score (nSPS) is 12.6. The summed E-state index contributed by atoms with van der Waals surface area (Å²) in [5.74, 6) is 1.55. The molecule has 7 heteroatoms. The summed E-state index contributed by atoms with van der Waals surface area (Å²) in [6.07, 6.45) is -2.25. The highest BCUT2D eigenvalue weighted by atomic mass is 19.4. The van der Waals surface area contributed by atoms with Crippen LogP contribution in [-0.4, -0.2) is 16.7 Å². The van der Waals surface area contributed by atoms with Crippen LogP contribution in [0, 0.1) is 6.92 Å². The number of rotatable bonds is 5. The summed E-state index contributed by atoms with van der Waals surface area (Å²) in [6, 6.07) is 12.5. The Bertz CT molecular complexity index is 1250. The van der Waals surface area contributed by atoms with Gasteiger partial charge < -0.3 is 13.9 Å². The number of aliphatic hydroxyl groups excluding tert-OH is 1. The van der Waals surface area contributed by atoms with Crippen molar-refractivity contribution in [2.75, 3.05) is 6.61 Å². The summed E-state index contributed by atoms with van der Waals surface area (Å²) in [5, 5.41) is 10.0. The van der Waals surface area contributed by atoms with Gasteiger partial charge in [-0.25, -0.2) is 4.98 Å². The molecule has 4 rings (SSSR count). The van der Waals surface area contributed by atoms with Crippen LogP contribution < -0.4 is 0 Å². The third-order valence-corrected chi connectivity index (χ3v) is 5.11. The Balaban J connectivity index is 1.58. The number of hydrogen-bond donors (Lipinski definition) is 1. The van der Waals surface area contributed by atoms with Crippen LogP contribution in [-0.2, 0) is 12.6 Å². The van der Waals surface area contributed by atoms with Gasteiger partial charge in [-0.05, 0) is 67.4 Å². The fourth-order valence-electron chi connectivity index (χ4n) is 3.37. The highest BCUT2D eigenvalue weighted by Gasteiger charge is 2.30. The number of oxazole rings is 1. The molecule has 0 fully saturated rings. The van der Waals surface area contributed by atoms with Gasteiger partial charge in [0, 0.05) is 10.9 Å². The van der Waals surface area contributed by atoms with E-state index in [9.17, 15) is 13.2 Å². The van der Waals surface area contributed by atoms with Crippen molar-refractivity contribution >= 4 is 16.5 Å². The Kier molecular flexibility index (Phi) is 5.45. The van der Waals surface area contributed by atoms with Gasteiger partial charge >= 0.3 is 6.18 Å². The Labute approximate surface area is 176 Å². The molecule has 4 nitrogen and oxygen atoms in total. The number of aliphatic hydroxyl groups is 1. The lowest BCUT2D eigenvalue weighted by atomic mass is 10.1. The average Bonchev–Trinajstić information content (AvgIpc) is 3.30. The first-order valence-corrected chi connectivity index (χ1v) is 9.69. The summed E-state index contributed by atoms with van der Waals surface area (Å²) in [5.41, 5.74) is 3.12. The molecule has 31 heavy (non-hydrogen) atoms. The number of fused-ring (bicyclic) bond motifs is 1. The van der Waals surface area contributed by atoms with Crippen LogP contribution in [0.2, 0.25) is 0 Å². The Hall–Kier alpha value is -3.32.